The summed E-state index contributed by atoms with van der Waals surface area (Å²) in [5.74, 6) is 1.14. The zero-order chi connectivity index (χ0) is 27.0. The number of hydrogen-bond donors (Lipinski definition) is 1. The lowest BCUT2D eigenvalue weighted by Crippen LogP contribution is -2.53. The predicted octanol–water partition coefficient (Wildman–Crippen LogP) is 5.84. The number of anilines is 1. The average molecular weight is 560 g/mol. The molecule has 1 aromatic carbocycles. The SMILES string of the molecule is Cc1nn(C(C)c2ccc(Cl)cc2Cl)c2nc(N3CC[C@@H](N4CCC[C@@H](CCC(=O)O)C4)[C@@H](C)C3)cnc12. The fourth-order valence-electron chi connectivity index (χ4n) is 6.28. The largest absolute Gasteiger partial charge is 0.481 e. The van der Waals surface area contributed by atoms with Crippen molar-refractivity contribution in [2.24, 2.45) is 11.8 Å². The van der Waals surface area contributed by atoms with Crippen molar-refractivity contribution < 1.29 is 9.90 Å². The van der Waals surface area contributed by atoms with Gasteiger partial charge in [-0.15, -0.1) is 0 Å². The van der Waals surface area contributed by atoms with Gasteiger partial charge in [-0.25, -0.2) is 14.6 Å². The van der Waals surface area contributed by atoms with Crippen molar-refractivity contribution in [3.8, 4) is 0 Å². The summed E-state index contributed by atoms with van der Waals surface area (Å²) in [5, 5.41) is 15.1. The Morgan fingerprint density at radius 1 is 1.21 bits per heavy atom. The van der Waals surface area contributed by atoms with Crippen molar-refractivity contribution in [3.63, 3.8) is 0 Å². The Morgan fingerprint density at radius 2 is 2.03 bits per heavy atom. The molecule has 8 nitrogen and oxygen atoms in total. The highest BCUT2D eigenvalue weighted by Gasteiger charge is 2.34. The Balaban J connectivity index is 1.32. The van der Waals surface area contributed by atoms with Gasteiger partial charge < -0.3 is 10.0 Å². The van der Waals surface area contributed by atoms with E-state index < -0.39 is 5.97 Å². The van der Waals surface area contributed by atoms with E-state index in [1.807, 2.05) is 29.9 Å². The maximum atomic E-state index is 11.0. The summed E-state index contributed by atoms with van der Waals surface area (Å²) >= 11 is 12.6. The minimum absolute atomic E-state index is 0.127. The highest BCUT2D eigenvalue weighted by Crippen LogP contribution is 2.33. The van der Waals surface area contributed by atoms with Gasteiger partial charge in [-0.2, -0.15) is 5.10 Å². The molecule has 2 saturated heterocycles. The number of aromatic nitrogens is 4. The molecule has 2 aromatic heterocycles. The number of carboxylic acids is 1. The van der Waals surface area contributed by atoms with Crippen LogP contribution in [-0.2, 0) is 4.79 Å². The first kappa shape index (κ1) is 27.2. The van der Waals surface area contributed by atoms with Gasteiger partial charge in [0, 0.05) is 42.1 Å². The van der Waals surface area contributed by atoms with E-state index in [9.17, 15) is 4.79 Å². The van der Waals surface area contributed by atoms with Gasteiger partial charge in [0.05, 0.1) is 17.9 Å². The number of aliphatic carboxylic acids is 1. The summed E-state index contributed by atoms with van der Waals surface area (Å²) in [6.07, 6.45) is 6.27. The van der Waals surface area contributed by atoms with Crippen LogP contribution < -0.4 is 4.90 Å². The molecular formula is C28H36Cl2N6O2. The van der Waals surface area contributed by atoms with Gasteiger partial charge in [0.2, 0.25) is 0 Å². The quantitative estimate of drug-likeness (QED) is 0.389. The van der Waals surface area contributed by atoms with Crippen LogP contribution in [0.5, 0.6) is 0 Å². The van der Waals surface area contributed by atoms with Gasteiger partial charge >= 0.3 is 5.97 Å². The Hall–Kier alpha value is -2.42. The molecule has 0 saturated carbocycles. The number of carbonyl (C=O) groups is 1. The third-order valence-electron chi connectivity index (χ3n) is 8.31. The molecule has 0 radical (unpaired) electrons. The second-order valence-electron chi connectivity index (χ2n) is 11.0. The third-order valence-corrected chi connectivity index (χ3v) is 8.87. The summed E-state index contributed by atoms with van der Waals surface area (Å²) in [6.45, 7) is 10.3. The first-order valence-corrected chi connectivity index (χ1v) is 14.3. The van der Waals surface area contributed by atoms with Crippen molar-refractivity contribution in [1.29, 1.82) is 0 Å². The molecular weight excluding hydrogens is 523 g/mol. The first-order chi connectivity index (χ1) is 18.2. The molecule has 0 bridgehead atoms. The van der Waals surface area contributed by atoms with Crippen LogP contribution in [0.4, 0.5) is 5.82 Å². The van der Waals surface area contributed by atoms with Crippen LogP contribution >= 0.6 is 23.2 Å². The van der Waals surface area contributed by atoms with E-state index in [2.05, 4.69) is 23.6 Å². The molecule has 204 valence electrons. The molecule has 1 unspecified atom stereocenters. The number of rotatable bonds is 7. The van der Waals surface area contributed by atoms with Crippen LogP contribution in [0.15, 0.2) is 24.4 Å². The van der Waals surface area contributed by atoms with Crippen molar-refractivity contribution in [1.82, 2.24) is 24.6 Å². The first-order valence-electron chi connectivity index (χ1n) is 13.6. The van der Waals surface area contributed by atoms with Crippen LogP contribution in [0.1, 0.15) is 63.3 Å². The molecule has 2 fully saturated rings. The molecule has 2 aliphatic rings. The number of benzene rings is 1. The monoisotopic (exact) mass is 558 g/mol. The second kappa shape index (κ2) is 11.4. The van der Waals surface area contributed by atoms with Gasteiger partial charge in [0.15, 0.2) is 5.65 Å². The number of likely N-dealkylation sites (tertiary alicyclic amines) is 1. The topological polar surface area (TPSA) is 87.4 Å². The smallest absolute Gasteiger partial charge is 0.303 e. The van der Waals surface area contributed by atoms with Gasteiger partial charge in [0.1, 0.15) is 11.3 Å². The lowest BCUT2D eigenvalue weighted by atomic mass is 9.87. The molecule has 4 heterocycles. The van der Waals surface area contributed by atoms with Crippen molar-refractivity contribution in [2.45, 2.75) is 65.0 Å². The number of nitrogens with zero attached hydrogens (tertiary/aromatic N) is 6. The van der Waals surface area contributed by atoms with Gasteiger partial charge in [0.25, 0.3) is 0 Å². The second-order valence-corrected chi connectivity index (χ2v) is 11.8. The third kappa shape index (κ3) is 5.63. The van der Waals surface area contributed by atoms with E-state index >= 15 is 0 Å². The Kier molecular flexibility index (Phi) is 8.12. The molecule has 0 amide bonds. The molecule has 0 spiro atoms. The molecule has 3 aromatic rings. The summed E-state index contributed by atoms with van der Waals surface area (Å²) in [5.41, 5.74) is 3.33. The van der Waals surface area contributed by atoms with Crippen molar-refractivity contribution >= 4 is 46.2 Å². The summed E-state index contributed by atoms with van der Waals surface area (Å²) in [4.78, 5) is 25.8. The molecule has 38 heavy (non-hydrogen) atoms. The minimum atomic E-state index is -0.691. The van der Waals surface area contributed by atoms with E-state index in [0.717, 1.165) is 80.1 Å². The number of aryl methyl sites for hydroxylation is 1. The van der Waals surface area contributed by atoms with Gasteiger partial charge in [-0.3, -0.25) is 9.69 Å². The van der Waals surface area contributed by atoms with Crippen molar-refractivity contribution in [2.75, 3.05) is 31.1 Å². The molecule has 4 atom stereocenters. The van der Waals surface area contributed by atoms with Crippen LogP contribution in [-0.4, -0.2) is 67.9 Å². The lowest BCUT2D eigenvalue weighted by molar-refractivity contribution is -0.137. The number of piperidine rings is 2. The molecule has 0 aliphatic carbocycles. The Morgan fingerprint density at radius 3 is 2.76 bits per heavy atom. The van der Waals surface area contributed by atoms with E-state index in [4.69, 9.17) is 43.4 Å². The minimum Gasteiger partial charge on any atom is -0.481 e. The normalized spacial score (nSPS) is 23.6. The molecule has 2 aliphatic heterocycles. The van der Waals surface area contributed by atoms with Crippen LogP contribution in [0.2, 0.25) is 10.0 Å². The van der Waals surface area contributed by atoms with E-state index in [-0.39, 0.29) is 12.5 Å². The fourth-order valence-corrected chi connectivity index (χ4v) is 6.85. The maximum absolute atomic E-state index is 11.0. The molecule has 10 heteroatoms. The molecule has 1 N–H and O–H groups in total. The van der Waals surface area contributed by atoms with Crippen LogP contribution in [0.3, 0.4) is 0 Å². The summed E-state index contributed by atoms with van der Waals surface area (Å²) < 4.78 is 1.91. The van der Waals surface area contributed by atoms with Crippen LogP contribution in [0.25, 0.3) is 11.2 Å². The van der Waals surface area contributed by atoms with Gasteiger partial charge in [-0.1, -0.05) is 36.2 Å². The number of halogens is 2. The zero-order valence-electron chi connectivity index (χ0n) is 22.3. The Labute approximate surface area is 233 Å². The maximum Gasteiger partial charge on any atom is 0.303 e. The van der Waals surface area contributed by atoms with E-state index in [0.29, 0.717) is 27.9 Å². The summed E-state index contributed by atoms with van der Waals surface area (Å²) in [7, 11) is 0. The zero-order valence-corrected chi connectivity index (χ0v) is 23.8. The Bertz CT molecular complexity index is 1310. The highest BCUT2D eigenvalue weighted by molar-refractivity contribution is 6.35. The molecule has 5 rings (SSSR count). The number of carboxylic acid groups (broad SMARTS) is 1. The predicted molar refractivity (Wildman–Crippen MR) is 151 cm³/mol. The van der Waals surface area contributed by atoms with E-state index in [1.54, 1.807) is 6.07 Å². The van der Waals surface area contributed by atoms with E-state index in [1.165, 1.54) is 0 Å². The van der Waals surface area contributed by atoms with Crippen molar-refractivity contribution in [3.05, 3.63) is 45.7 Å². The number of fused-ring (bicyclic) bond motifs is 1. The summed E-state index contributed by atoms with van der Waals surface area (Å²) in [6, 6.07) is 5.92. The highest BCUT2D eigenvalue weighted by atomic mass is 35.5. The lowest BCUT2D eigenvalue weighted by Gasteiger charge is -2.46. The number of hydrogen-bond acceptors (Lipinski definition) is 6. The standard InChI is InChI=1S/C28H36Cl2N6O2/c1-17-15-35(12-10-24(17)34-11-4-5-20(16-34)6-9-26(37)38)25-14-31-27-18(2)33-36(28(27)32-25)19(3)22-8-7-21(29)13-23(22)30/h7-8,13-14,17,19-20,24H,4-6,9-12,15-16H2,1-3H3,(H,37,38)/t17-,19?,20-,24+/m0/s1. The fraction of sp³-hybridized carbons (Fsp3) is 0.571. The average Bonchev–Trinajstić information content (AvgIpc) is 3.23. The van der Waals surface area contributed by atoms with Crippen LogP contribution in [0, 0.1) is 18.8 Å². The van der Waals surface area contributed by atoms with Gasteiger partial charge in [-0.05, 0) is 75.6 Å².